The Morgan fingerprint density at radius 2 is 1.79 bits per heavy atom. The number of benzene rings is 1. The van der Waals surface area contributed by atoms with Crippen LogP contribution in [-0.4, -0.2) is 10.7 Å². The number of aliphatic hydroxyl groups is 1. The van der Waals surface area contributed by atoms with E-state index in [2.05, 4.69) is 37.3 Å². The summed E-state index contributed by atoms with van der Waals surface area (Å²) >= 11 is 0. The average molecular weight is 258 g/mol. The molecule has 1 nitrogen and oxygen atoms in total. The van der Waals surface area contributed by atoms with E-state index < -0.39 is 5.60 Å². The summed E-state index contributed by atoms with van der Waals surface area (Å²) < 4.78 is 0. The van der Waals surface area contributed by atoms with Gasteiger partial charge in [0.2, 0.25) is 0 Å². The van der Waals surface area contributed by atoms with Crippen molar-refractivity contribution >= 4 is 0 Å². The van der Waals surface area contributed by atoms with Gasteiger partial charge in [-0.2, -0.15) is 0 Å². The molecule has 0 saturated heterocycles. The Labute approximate surface area is 117 Å². The van der Waals surface area contributed by atoms with Crippen molar-refractivity contribution in [3.05, 3.63) is 47.5 Å². The third-order valence-electron chi connectivity index (χ3n) is 4.31. The molecule has 1 aliphatic carbocycles. The maximum Gasteiger partial charge on any atom is 0.0894 e. The van der Waals surface area contributed by atoms with Crippen molar-refractivity contribution in [2.45, 2.75) is 63.9 Å². The van der Waals surface area contributed by atoms with Crippen LogP contribution in [0.1, 0.15) is 57.4 Å². The lowest BCUT2D eigenvalue weighted by molar-refractivity contribution is 0.0698. The minimum atomic E-state index is -0.640. The topological polar surface area (TPSA) is 20.2 Å². The maximum absolute atomic E-state index is 11.0. The summed E-state index contributed by atoms with van der Waals surface area (Å²) in [6, 6.07) is 10.4. The van der Waals surface area contributed by atoms with Gasteiger partial charge in [-0.1, -0.05) is 56.2 Å². The first kappa shape index (κ1) is 14.3. The fraction of sp³-hybridized carbons (Fsp3) is 0.556. The summed E-state index contributed by atoms with van der Waals surface area (Å²) in [7, 11) is 0. The van der Waals surface area contributed by atoms with Crippen LogP contribution in [-0.2, 0) is 6.42 Å². The SMILES string of the molecule is CCC(O)(Cc1ccccc1)/C1=C/CCCCCC1. The zero-order chi connectivity index (χ0) is 13.6. The molecule has 0 fully saturated rings. The highest BCUT2D eigenvalue weighted by molar-refractivity contribution is 5.25. The minimum absolute atomic E-state index is 0.640. The lowest BCUT2D eigenvalue weighted by Gasteiger charge is -2.31. The van der Waals surface area contributed by atoms with Crippen LogP contribution in [0.5, 0.6) is 0 Å². The highest BCUT2D eigenvalue weighted by Gasteiger charge is 2.29. The molecule has 1 heteroatoms. The van der Waals surface area contributed by atoms with Crippen LogP contribution in [0.3, 0.4) is 0 Å². The fourth-order valence-corrected chi connectivity index (χ4v) is 3.01. The molecule has 1 aromatic rings. The van der Waals surface area contributed by atoms with Crippen LogP contribution in [0, 0.1) is 0 Å². The summed E-state index contributed by atoms with van der Waals surface area (Å²) in [6.07, 6.45) is 11.2. The van der Waals surface area contributed by atoms with Crippen LogP contribution in [0.25, 0.3) is 0 Å². The molecular formula is C18H26O. The summed E-state index contributed by atoms with van der Waals surface area (Å²) in [5.74, 6) is 0. The van der Waals surface area contributed by atoms with Gasteiger partial charge < -0.3 is 5.11 Å². The van der Waals surface area contributed by atoms with E-state index in [-0.39, 0.29) is 0 Å². The molecular weight excluding hydrogens is 232 g/mol. The molecule has 0 aliphatic heterocycles. The summed E-state index contributed by atoms with van der Waals surface area (Å²) in [4.78, 5) is 0. The summed E-state index contributed by atoms with van der Waals surface area (Å²) in [6.45, 7) is 2.10. The van der Waals surface area contributed by atoms with Crippen LogP contribution in [0.15, 0.2) is 42.0 Å². The molecule has 0 radical (unpaired) electrons. The molecule has 104 valence electrons. The Balaban J connectivity index is 2.15. The number of allylic oxidation sites excluding steroid dienone is 1. The molecule has 1 aromatic carbocycles. The van der Waals surface area contributed by atoms with E-state index in [1.165, 1.54) is 36.8 Å². The van der Waals surface area contributed by atoms with Crippen molar-refractivity contribution in [1.82, 2.24) is 0 Å². The van der Waals surface area contributed by atoms with Gasteiger partial charge in [-0.3, -0.25) is 0 Å². The first-order valence-electron chi connectivity index (χ1n) is 7.70. The Bertz CT molecular complexity index is 407. The van der Waals surface area contributed by atoms with Gasteiger partial charge >= 0.3 is 0 Å². The Kier molecular flexibility index (Phi) is 5.21. The predicted molar refractivity (Wildman–Crippen MR) is 81.2 cm³/mol. The number of hydrogen-bond acceptors (Lipinski definition) is 1. The van der Waals surface area contributed by atoms with Gasteiger partial charge in [0.05, 0.1) is 5.60 Å². The standard InChI is InChI=1S/C18H26O/c1-2-18(19,15-16-11-7-6-8-12-16)17-13-9-4-3-5-10-14-17/h6-8,11-13,19H,2-5,9-10,14-15H2,1H3/b17-13+. The zero-order valence-electron chi connectivity index (χ0n) is 12.1. The van der Waals surface area contributed by atoms with Gasteiger partial charge in [-0.05, 0) is 43.2 Å². The third-order valence-corrected chi connectivity index (χ3v) is 4.31. The van der Waals surface area contributed by atoms with E-state index in [9.17, 15) is 5.11 Å². The average Bonchev–Trinajstić information content (AvgIpc) is 2.39. The van der Waals surface area contributed by atoms with Crippen molar-refractivity contribution < 1.29 is 5.11 Å². The van der Waals surface area contributed by atoms with Gasteiger partial charge in [0.1, 0.15) is 0 Å². The van der Waals surface area contributed by atoms with E-state index in [0.717, 1.165) is 25.7 Å². The Hall–Kier alpha value is -1.08. The molecule has 1 atom stereocenters. The van der Waals surface area contributed by atoms with Gasteiger partial charge in [-0.15, -0.1) is 0 Å². The van der Waals surface area contributed by atoms with Crippen LogP contribution < -0.4 is 0 Å². The first-order valence-corrected chi connectivity index (χ1v) is 7.70. The highest BCUT2D eigenvalue weighted by atomic mass is 16.3. The van der Waals surface area contributed by atoms with Gasteiger partial charge in [0.25, 0.3) is 0 Å². The van der Waals surface area contributed by atoms with E-state index in [1.54, 1.807) is 0 Å². The van der Waals surface area contributed by atoms with E-state index in [1.807, 2.05) is 6.07 Å². The van der Waals surface area contributed by atoms with E-state index >= 15 is 0 Å². The third kappa shape index (κ3) is 3.94. The highest BCUT2D eigenvalue weighted by Crippen LogP contribution is 2.31. The zero-order valence-corrected chi connectivity index (χ0v) is 12.1. The van der Waals surface area contributed by atoms with E-state index in [4.69, 9.17) is 0 Å². The van der Waals surface area contributed by atoms with Gasteiger partial charge in [0.15, 0.2) is 0 Å². The summed E-state index contributed by atoms with van der Waals surface area (Å²) in [5, 5.41) is 11.0. The van der Waals surface area contributed by atoms with Gasteiger partial charge in [0, 0.05) is 6.42 Å². The van der Waals surface area contributed by atoms with Crippen molar-refractivity contribution in [3.8, 4) is 0 Å². The fourth-order valence-electron chi connectivity index (χ4n) is 3.01. The Morgan fingerprint density at radius 3 is 2.53 bits per heavy atom. The predicted octanol–water partition coefficient (Wildman–Crippen LogP) is 4.65. The minimum Gasteiger partial charge on any atom is -0.385 e. The van der Waals surface area contributed by atoms with Crippen molar-refractivity contribution in [3.63, 3.8) is 0 Å². The van der Waals surface area contributed by atoms with Crippen LogP contribution in [0.4, 0.5) is 0 Å². The quantitative estimate of drug-likeness (QED) is 0.779. The molecule has 1 aliphatic rings. The molecule has 0 amide bonds. The number of hydrogen-bond donors (Lipinski definition) is 1. The second-order valence-electron chi connectivity index (χ2n) is 5.73. The molecule has 19 heavy (non-hydrogen) atoms. The molecule has 1 unspecified atom stereocenters. The second kappa shape index (κ2) is 6.91. The first-order chi connectivity index (χ1) is 9.24. The second-order valence-corrected chi connectivity index (χ2v) is 5.73. The molecule has 0 saturated carbocycles. The monoisotopic (exact) mass is 258 g/mol. The van der Waals surface area contributed by atoms with Gasteiger partial charge in [-0.25, -0.2) is 0 Å². The van der Waals surface area contributed by atoms with Crippen LogP contribution >= 0.6 is 0 Å². The van der Waals surface area contributed by atoms with Crippen molar-refractivity contribution in [2.24, 2.45) is 0 Å². The number of rotatable bonds is 4. The lowest BCUT2D eigenvalue weighted by atomic mass is 9.80. The largest absolute Gasteiger partial charge is 0.385 e. The normalized spacial score (nSPS) is 22.7. The molecule has 0 aromatic heterocycles. The Morgan fingerprint density at radius 1 is 1.05 bits per heavy atom. The molecule has 0 spiro atoms. The summed E-state index contributed by atoms with van der Waals surface area (Å²) in [5.41, 5.74) is 1.87. The molecule has 1 N–H and O–H groups in total. The van der Waals surface area contributed by atoms with Crippen molar-refractivity contribution in [1.29, 1.82) is 0 Å². The maximum atomic E-state index is 11.0. The lowest BCUT2D eigenvalue weighted by Crippen LogP contribution is -2.33. The smallest absolute Gasteiger partial charge is 0.0894 e. The van der Waals surface area contributed by atoms with Crippen LogP contribution in [0.2, 0.25) is 0 Å². The van der Waals surface area contributed by atoms with E-state index in [0.29, 0.717) is 0 Å². The molecule has 2 rings (SSSR count). The molecule has 0 bridgehead atoms. The van der Waals surface area contributed by atoms with Crippen molar-refractivity contribution in [2.75, 3.05) is 0 Å². The molecule has 0 heterocycles.